The molecule has 0 saturated carbocycles. The highest BCUT2D eigenvalue weighted by molar-refractivity contribution is 14.1. The van der Waals surface area contributed by atoms with Gasteiger partial charge in [-0.05, 0) is 89.7 Å². The molecule has 0 aromatic heterocycles. The Morgan fingerprint density at radius 2 is 1.86 bits per heavy atom. The van der Waals surface area contributed by atoms with Crippen LogP contribution in [-0.4, -0.2) is 22.7 Å². The van der Waals surface area contributed by atoms with E-state index in [9.17, 15) is 9.59 Å². The molecule has 1 aliphatic heterocycles. The number of thioether (sulfide) groups is 1. The fourth-order valence-corrected chi connectivity index (χ4v) is 5.73. The van der Waals surface area contributed by atoms with Gasteiger partial charge in [0.15, 0.2) is 11.5 Å². The Kier molecular flexibility index (Phi) is 8.87. The van der Waals surface area contributed by atoms with Crippen molar-refractivity contribution in [3.63, 3.8) is 0 Å². The lowest BCUT2D eigenvalue weighted by Crippen LogP contribution is -2.27. The molecule has 36 heavy (non-hydrogen) atoms. The molecule has 1 saturated heterocycles. The summed E-state index contributed by atoms with van der Waals surface area (Å²) >= 11 is 15.4. The molecular formula is C27H22Cl2INO4S. The monoisotopic (exact) mass is 653 g/mol. The van der Waals surface area contributed by atoms with Crippen molar-refractivity contribution in [1.29, 1.82) is 0 Å². The second kappa shape index (κ2) is 11.9. The van der Waals surface area contributed by atoms with Gasteiger partial charge >= 0.3 is 0 Å². The molecule has 0 atom stereocenters. The van der Waals surface area contributed by atoms with E-state index in [1.165, 1.54) is 4.90 Å². The number of hydrogen-bond acceptors (Lipinski definition) is 5. The summed E-state index contributed by atoms with van der Waals surface area (Å²) in [6, 6.07) is 16.7. The maximum Gasteiger partial charge on any atom is 0.293 e. The van der Waals surface area contributed by atoms with Gasteiger partial charge in [0.05, 0.1) is 21.6 Å². The van der Waals surface area contributed by atoms with Crippen LogP contribution >= 0.6 is 57.6 Å². The molecule has 0 bridgehead atoms. The van der Waals surface area contributed by atoms with Crippen LogP contribution in [0.15, 0.2) is 59.5 Å². The molecule has 1 fully saturated rings. The highest BCUT2D eigenvalue weighted by Crippen LogP contribution is 2.38. The Morgan fingerprint density at radius 3 is 2.58 bits per heavy atom. The molecule has 9 heteroatoms. The molecule has 3 aromatic carbocycles. The predicted molar refractivity (Wildman–Crippen MR) is 154 cm³/mol. The maximum atomic E-state index is 13.0. The van der Waals surface area contributed by atoms with Crippen molar-refractivity contribution in [2.75, 3.05) is 6.61 Å². The van der Waals surface area contributed by atoms with Crippen LogP contribution in [0.25, 0.3) is 6.08 Å². The van der Waals surface area contributed by atoms with Crippen LogP contribution in [0.4, 0.5) is 4.79 Å². The second-order valence-corrected chi connectivity index (χ2v) is 11.0. The van der Waals surface area contributed by atoms with E-state index in [1.54, 1.807) is 24.3 Å². The molecule has 186 valence electrons. The number of carbonyl (C=O) groups is 2. The Bertz CT molecular complexity index is 1360. The Labute approximate surface area is 237 Å². The standard InChI is InChI=1S/C27H22Cl2INO4S/c1-3-34-23-11-18(10-22(30)25(23)35-15-19-7-8-20(28)13-21(19)29)12-24-26(32)31(27(33)36-24)14-17-6-4-5-16(2)9-17/h4-13H,3,14-15H2,1-2H3/b24-12+. The predicted octanol–water partition coefficient (Wildman–Crippen LogP) is 8.12. The van der Waals surface area contributed by atoms with E-state index in [1.807, 2.05) is 50.2 Å². The molecule has 4 rings (SSSR count). The van der Waals surface area contributed by atoms with Gasteiger partial charge in [-0.1, -0.05) is 59.1 Å². The number of halogens is 3. The van der Waals surface area contributed by atoms with E-state index in [2.05, 4.69) is 22.6 Å². The first kappa shape index (κ1) is 26.9. The number of benzene rings is 3. The van der Waals surface area contributed by atoms with Crippen molar-refractivity contribution in [3.05, 3.63) is 95.4 Å². The van der Waals surface area contributed by atoms with Gasteiger partial charge < -0.3 is 9.47 Å². The third-order valence-electron chi connectivity index (χ3n) is 5.31. The fraction of sp³-hybridized carbons (Fsp3) is 0.185. The lowest BCUT2D eigenvalue weighted by molar-refractivity contribution is -0.123. The van der Waals surface area contributed by atoms with E-state index in [-0.39, 0.29) is 24.3 Å². The number of imide groups is 1. The number of amides is 2. The summed E-state index contributed by atoms with van der Waals surface area (Å²) in [6.45, 7) is 4.78. The average Bonchev–Trinajstić information content (AvgIpc) is 3.07. The highest BCUT2D eigenvalue weighted by Gasteiger charge is 2.35. The fourth-order valence-electron chi connectivity index (χ4n) is 3.64. The first-order valence-electron chi connectivity index (χ1n) is 11.1. The van der Waals surface area contributed by atoms with Crippen LogP contribution in [0.1, 0.15) is 29.2 Å². The lowest BCUT2D eigenvalue weighted by atomic mass is 10.1. The van der Waals surface area contributed by atoms with Gasteiger partial charge in [0.25, 0.3) is 11.1 Å². The molecule has 3 aromatic rings. The number of carbonyl (C=O) groups excluding carboxylic acids is 2. The third-order valence-corrected chi connectivity index (χ3v) is 7.61. The summed E-state index contributed by atoms with van der Waals surface area (Å²) in [5.41, 5.74) is 3.52. The molecule has 2 amide bonds. The Balaban J connectivity index is 1.56. The number of nitrogens with zero attached hydrogens (tertiary/aromatic N) is 1. The van der Waals surface area contributed by atoms with Crippen LogP contribution < -0.4 is 9.47 Å². The molecular weight excluding hydrogens is 632 g/mol. The third kappa shape index (κ3) is 6.37. The topological polar surface area (TPSA) is 55.8 Å². The van der Waals surface area contributed by atoms with Gasteiger partial charge in [0.2, 0.25) is 0 Å². The van der Waals surface area contributed by atoms with Crippen LogP contribution in [0.2, 0.25) is 10.0 Å². The molecule has 0 spiro atoms. The van der Waals surface area contributed by atoms with E-state index in [0.29, 0.717) is 33.1 Å². The maximum absolute atomic E-state index is 13.0. The largest absolute Gasteiger partial charge is 0.490 e. The van der Waals surface area contributed by atoms with Crippen molar-refractivity contribution < 1.29 is 19.1 Å². The summed E-state index contributed by atoms with van der Waals surface area (Å²) in [4.78, 5) is 27.3. The smallest absolute Gasteiger partial charge is 0.293 e. The molecule has 1 heterocycles. The summed E-state index contributed by atoms with van der Waals surface area (Å²) in [5.74, 6) is 0.810. The first-order chi connectivity index (χ1) is 17.2. The second-order valence-electron chi connectivity index (χ2n) is 8.04. The zero-order chi connectivity index (χ0) is 25.8. The van der Waals surface area contributed by atoms with Crippen LogP contribution in [0, 0.1) is 10.5 Å². The van der Waals surface area contributed by atoms with Crippen molar-refractivity contribution in [1.82, 2.24) is 4.90 Å². The molecule has 0 radical (unpaired) electrons. The SMILES string of the molecule is CCOc1cc(/C=C2/SC(=O)N(Cc3cccc(C)c3)C2=O)cc(I)c1OCc1ccc(Cl)cc1Cl. The number of rotatable bonds is 8. The minimum atomic E-state index is -0.308. The van der Waals surface area contributed by atoms with Gasteiger partial charge in [-0.2, -0.15) is 0 Å². The number of aryl methyl sites for hydroxylation is 1. The van der Waals surface area contributed by atoms with Crippen molar-refractivity contribution in [2.45, 2.75) is 27.0 Å². The molecule has 0 unspecified atom stereocenters. The molecule has 1 aliphatic rings. The summed E-state index contributed by atoms with van der Waals surface area (Å²) in [5, 5.41) is 0.793. The zero-order valence-electron chi connectivity index (χ0n) is 19.5. The molecule has 0 N–H and O–H groups in total. The van der Waals surface area contributed by atoms with Crippen molar-refractivity contribution in [2.24, 2.45) is 0 Å². The highest BCUT2D eigenvalue weighted by atomic mass is 127. The lowest BCUT2D eigenvalue weighted by Gasteiger charge is -2.15. The van der Waals surface area contributed by atoms with Gasteiger partial charge in [0, 0.05) is 15.6 Å². The van der Waals surface area contributed by atoms with E-state index >= 15 is 0 Å². The van der Waals surface area contributed by atoms with Crippen molar-refractivity contribution in [3.8, 4) is 11.5 Å². The van der Waals surface area contributed by atoms with Gasteiger partial charge in [-0.15, -0.1) is 0 Å². The minimum absolute atomic E-state index is 0.239. The van der Waals surface area contributed by atoms with Gasteiger partial charge in [0.1, 0.15) is 6.61 Å². The van der Waals surface area contributed by atoms with Gasteiger partial charge in [-0.3, -0.25) is 14.5 Å². The van der Waals surface area contributed by atoms with Crippen molar-refractivity contribution >= 4 is 74.8 Å². The summed E-state index contributed by atoms with van der Waals surface area (Å²) < 4.78 is 12.7. The van der Waals surface area contributed by atoms with E-state index in [4.69, 9.17) is 32.7 Å². The first-order valence-corrected chi connectivity index (χ1v) is 13.7. The molecule has 5 nitrogen and oxygen atoms in total. The quantitative estimate of drug-likeness (QED) is 0.182. The van der Waals surface area contributed by atoms with Gasteiger partial charge in [-0.25, -0.2) is 0 Å². The molecule has 0 aliphatic carbocycles. The zero-order valence-corrected chi connectivity index (χ0v) is 24.0. The Hall–Kier alpha value is -2.20. The number of hydrogen-bond donors (Lipinski definition) is 0. The Morgan fingerprint density at radius 1 is 1.06 bits per heavy atom. The average molecular weight is 654 g/mol. The number of ether oxygens (including phenoxy) is 2. The minimum Gasteiger partial charge on any atom is -0.490 e. The van der Waals surface area contributed by atoms with E-state index in [0.717, 1.165) is 37.6 Å². The normalized spacial score (nSPS) is 14.6. The van der Waals surface area contributed by atoms with E-state index < -0.39 is 0 Å². The van der Waals surface area contributed by atoms with Crippen LogP contribution in [0.3, 0.4) is 0 Å². The summed E-state index contributed by atoms with van der Waals surface area (Å²) in [6.07, 6.45) is 1.71. The van der Waals surface area contributed by atoms with Crippen LogP contribution in [-0.2, 0) is 17.9 Å². The summed E-state index contributed by atoms with van der Waals surface area (Å²) in [7, 11) is 0. The van der Waals surface area contributed by atoms with Crippen LogP contribution in [0.5, 0.6) is 11.5 Å².